The van der Waals surface area contributed by atoms with Gasteiger partial charge >= 0.3 is 5.97 Å². The first-order chi connectivity index (χ1) is 6.79. The van der Waals surface area contributed by atoms with Crippen LogP contribution in [-0.4, -0.2) is 19.6 Å². The van der Waals surface area contributed by atoms with E-state index in [4.69, 9.17) is 4.74 Å². The average molecular weight is 194 g/mol. The number of benzene rings is 1. The number of hydrogen-bond donors (Lipinski definition) is 1. The van der Waals surface area contributed by atoms with Gasteiger partial charge in [0, 0.05) is 0 Å². The molecule has 0 atom stereocenters. The number of carbonyl (C=O) groups excluding carboxylic acids is 1. The van der Waals surface area contributed by atoms with Crippen molar-refractivity contribution < 1.29 is 14.4 Å². The smallest absolute Gasteiger partial charge is 0.347 e. The van der Waals surface area contributed by atoms with Crippen molar-refractivity contribution in [2.45, 2.75) is 0 Å². The molecule has 1 saturated heterocycles. The van der Waals surface area contributed by atoms with Crippen LogP contribution in [0.5, 0.6) is 5.75 Å². The summed E-state index contributed by atoms with van der Waals surface area (Å²) in [6, 6.07) is 7.32. The third-order valence-corrected chi connectivity index (χ3v) is 1.94. The van der Waals surface area contributed by atoms with Crippen LogP contribution < -0.4 is 15.3 Å². The second kappa shape index (κ2) is 3.55. The highest BCUT2D eigenvalue weighted by molar-refractivity contribution is 5.77. The number of anilines is 1. The molecule has 1 aliphatic heterocycles. The number of ether oxygens (including phenoxy) is 1. The summed E-state index contributed by atoms with van der Waals surface area (Å²) in [7, 11) is 1.61. The van der Waals surface area contributed by atoms with Gasteiger partial charge in [-0.05, 0) is 24.3 Å². The highest BCUT2D eigenvalue weighted by Crippen LogP contribution is 2.19. The lowest BCUT2D eigenvalue weighted by Crippen LogP contribution is -2.29. The fourth-order valence-corrected chi connectivity index (χ4v) is 1.21. The minimum absolute atomic E-state index is 0.215. The van der Waals surface area contributed by atoms with E-state index in [-0.39, 0.29) is 12.5 Å². The van der Waals surface area contributed by atoms with Crippen LogP contribution >= 0.6 is 0 Å². The van der Waals surface area contributed by atoms with Gasteiger partial charge in [0.15, 0.2) is 0 Å². The molecule has 1 N–H and O–H groups in total. The summed E-state index contributed by atoms with van der Waals surface area (Å²) in [5.41, 5.74) is 3.36. The molecule has 74 valence electrons. The summed E-state index contributed by atoms with van der Waals surface area (Å²) in [6.07, 6.45) is 0. The molecule has 0 saturated carbocycles. The first-order valence-electron chi connectivity index (χ1n) is 4.16. The molecule has 1 heterocycles. The van der Waals surface area contributed by atoms with Gasteiger partial charge in [-0.1, -0.05) is 5.59 Å². The lowest BCUT2D eigenvalue weighted by Gasteiger charge is -2.13. The largest absolute Gasteiger partial charge is 0.497 e. The number of hydrazine groups is 1. The van der Waals surface area contributed by atoms with Crippen LogP contribution in [0, 0.1) is 0 Å². The van der Waals surface area contributed by atoms with Crippen molar-refractivity contribution in [2.24, 2.45) is 0 Å². The van der Waals surface area contributed by atoms with Crippen LogP contribution in [0.2, 0.25) is 0 Å². The van der Waals surface area contributed by atoms with E-state index in [0.29, 0.717) is 0 Å². The van der Waals surface area contributed by atoms with Gasteiger partial charge in [-0.3, -0.25) is 5.01 Å². The van der Waals surface area contributed by atoms with Gasteiger partial charge in [-0.2, -0.15) is 0 Å². The molecule has 0 radical (unpaired) electrons. The van der Waals surface area contributed by atoms with Crippen LogP contribution in [0.4, 0.5) is 5.69 Å². The van der Waals surface area contributed by atoms with Gasteiger partial charge in [0.25, 0.3) is 0 Å². The highest BCUT2D eigenvalue weighted by atomic mass is 16.7. The molecular formula is C9H10N2O3. The van der Waals surface area contributed by atoms with E-state index in [1.165, 1.54) is 0 Å². The highest BCUT2D eigenvalue weighted by Gasteiger charge is 2.20. The summed E-state index contributed by atoms with van der Waals surface area (Å²) in [5.74, 6) is 0.487. The molecule has 5 heteroatoms. The number of rotatable bonds is 2. The summed E-state index contributed by atoms with van der Waals surface area (Å²) in [5, 5.41) is 1.61. The Morgan fingerprint density at radius 2 is 2.14 bits per heavy atom. The second-order valence-electron chi connectivity index (χ2n) is 2.85. The topological polar surface area (TPSA) is 50.8 Å². The molecule has 5 nitrogen and oxygen atoms in total. The monoisotopic (exact) mass is 194 g/mol. The van der Waals surface area contributed by atoms with E-state index < -0.39 is 0 Å². The summed E-state index contributed by atoms with van der Waals surface area (Å²) in [6.45, 7) is 0.215. The number of carbonyl (C=O) groups is 1. The van der Waals surface area contributed by atoms with Gasteiger partial charge in [0.1, 0.15) is 12.3 Å². The molecule has 0 amide bonds. The molecule has 2 rings (SSSR count). The zero-order valence-electron chi connectivity index (χ0n) is 7.69. The van der Waals surface area contributed by atoms with E-state index in [2.05, 4.69) is 10.4 Å². The predicted molar refractivity (Wildman–Crippen MR) is 49.6 cm³/mol. The Hall–Kier alpha value is -1.75. The Morgan fingerprint density at radius 3 is 2.64 bits per heavy atom. The van der Waals surface area contributed by atoms with Gasteiger partial charge in [-0.25, -0.2) is 4.79 Å². The summed E-state index contributed by atoms with van der Waals surface area (Å²) < 4.78 is 5.02. The second-order valence-corrected chi connectivity index (χ2v) is 2.85. The third kappa shape index (κ3) is 1.62. The van der Waals surface area contributed by atoms with Crippen molar-refractivity contribution in [3.8, 4) is 5.75 Å². The van der Waals surface area contributed by atoms with Crippen molar-refractivity contribution in [1.29, 1.82) is 0 Å². The van der Waals surface area contributed by atoms with Crippen molar-refractivity contribution in [3.63, 3.8) is 0 Å². The Bertz CT molecular complexity index is 336. The number of methoxy groups -OCH3 is 1. The van der Waals surface area contributed by atoms with E-state index in [0.717, 1.165) is 11.4 Å². The maximum atomic E-state index is 10.8. The van der Waals surface area contributed by atoms with E-state index in [1.807, 2.05) is 24.3 Å². The number of hydrogen-bond acceptors (Lipinski definition) is 5. The lowest BCUT2D eigenvalue weighted by atomic mass is 10.3. The normalized spacial score (nSPS) is 15.5. The number of nitrogens with one attached hydrogen (secondary N) is 1. The average Bonchev–Trinajstić information content (AvgIpc) is 2.65. The Morgan fingerprint density at radius 1 is 1.43 bits per heavy atom. The standard InChI is InChI=1S/C9H10N2O3/c1-13-8-4-2-7(3-5-8)11-6-9(12)14-10-11/h2-5,10H,6H2,1H3. The SMILES string of the molecule is COc1ccc(N2CC(=O)ON2)cc1. The first-order valence-corrected chi connectivity index (χ1v) is 4.16. The molecule has 0 aromatic heterocycles. The van der Waals surface area contributed by atoms with Gasteiger partial charge in [0.05, 0.1) is 12.8 Å². The predicted octanol–water partition coefficient (Wildman–Crippen LogP) is 0.478. The summed E-state index contributed by atoms with van der Waals surface area (Å²) >= 11 is 0. The molecule has 0 bridgehead atoms. The van der Waals surface area contributed by atoms with Crippen molar-refractivity contribution in [2.75, 3.05) is 18.7 Å². The number of nitrogens with zero attached hydrogens (tertiary/aromatic N) is 1. The maximum Gasteiger partial charge on any atom is 0.347 e. The van der Waals surface area contributed by atoms with Gasteiger partial charge < -0.3 is 9.57 Å². The van der Waals surface area contributed by atoms with Crippen LogP contribution in [0.25, 0.3) is 0 Å². The zero-order chi connectivity index (χ0) is 9.97. The van der Waals surface area contributed by atoms with Crippen molar-refractivity contribution in [1.82, 2.24) is 5.59 Å². The van der Waals surface area contributed by atoms with E-state index >= 15 is 0 Å². The lowest BCUT2D eigenvalue weighted by molar-refractivity contribution is -0.141. The quantitative estimate of drug-likeness (QED) is 0.742. The molecule has 14 heavy (non-hydrogen) atoms. The van der Waals surface area contributed by atoms with Gasteiger partial charge in [0.2, 0.25) is 0 Å². The Labute approximate surface area is 81.1 Å². The summed E-state index contributed by atoms with van der Waals surface area (Å²) in [4.78, 5) is 15.4. The molecule has 1 aliphatic rings. The van der Waals surface area contributed by atoms with E-state index in [1.54, 1.807) is 12.1 Å². The molecular weight excluding hydrogens is 184 g/mol. The Balaban J connectivity index is 2.13. The maximum absolute atomic E-state index is 10.8. The molecule has 0 spiro atoms. The zero-order valence-corrected chi connectivity index (χ0v) is 7.69. The minimum Gasteiger partial charge on any atom is -0.497 e. The third-order valence-electron chi connectivity index (χ3n) is 1.94. The van der Waals surface area contributed by atoms with Crippen LogP contribution in [-0.2, 0) is 9.63 Å². The molecule has 1 aromatic carbocycles. The molecule has 0 aliphatic carbocycles. The van der Waals surface area contributed by atoms with Crippen LogP contribution in [0.1, 0.15) is 0 Å². The van der Waals surface area contributed by atoms with Crippen molar-refractivity contribution >= 4 is 11.7 Å². The van der Waals surface area contributed by atoms with Crippen molar-refractivity contribution in [3.05, 3.63) is 24.3 Å². The van der Waals surface area contributed by atoms with Crippen LogP contribution in [0.15, 0.2) is 24.3 Å². The fourth-order valence-electron chi connectivity index (χ4n) is 1.21. The minimum atomic E-state index is -0.291. The Kier molecular flexibility index (Phi) is 2.24. The molecule has 1 fully saturated rings. The fraction of sp³-hybridized carbons (Fsp3) is 0.222. The van der Waals surface area contributed by atoms with Crippen LogP contribution in [0.3, 0.4) is 0 Å². The van der Waals surface area contributed by atoms with Gasteiger partial charge in [-0.15, -0.1) is 0 Å². The van der Waals surface area contributed by atoms with E-state index in [9.17, 15) is 4.79 Å². The molecule has 1 aromatic rings. The molecule has 0 unspecified atom stereocenters. The first kappa shape index (κ1) is 8.83.